The van der Waals surface area contributed by atoms with E-state index in [1.54, 1.807) is 0 Å². The van der Waals surface area contributed by atoms with Crippen molar-refractivity contribution < 1.29 is 12.8 Å². The van der Waals surface area contributed by atoms with E-state index in [1.165, 1.54) is 0 Å². The van der Waals surface area contributed by atoms with Crippen LogP contribution < -0.4 is 10.0 Å². The molecule has 0 radical (unpaired) electrons. The van der Waals surface area contributed by atoms with Crippen LogP contribution in [0.25, 0.3) is 0 Å². The minimum atomic E-state index is -3.76. The lowest BCUT2D eigenvalue weighted by Gasteiger charge is -2.14. The zero-order valence-corrected chi connectivity index (χ0v) is 13.1. The fourth-order valence-electron chi connectivity index (χ4n) is 2.00. The monoisotopic (exact) mass is 370 g/mol. The van der Waals surface area contributed by atoms with Crippen molar-refractivity contribution >= 4 is 37.6 Å². The fourth-order valence-corrected chi connectivity index (χ4v) is 4.89. The molecule has 1 fully saturated rings. The first-order chi connectivity index (χ1) is 8.90. The molecule has 0 spiro atoms. The van der Waals surface area contributed by atoms with Crippen molar-refractivity contribution in [3.63, 3.8) is 0 Å². The topological polar surface area (TPSA) is 58.2 Å². The van der Waals surface area contributed by atoms with Gasteiger partial charge in [0.2, 0.25) is 10.0 Å². The number of hydrogen-bond acceptors (Lipinski definition) is 3. The summed E-state index contributed by atoms with van der Waals surface area (Å²) in [5.74, 6) is -0.590. The molecule has 1 heterocycles. The maximum atomic E-state index is 13.1. The molecule has 0 amide bonds. The number of sulfonamides is 1. The number of benzene rings is 1. The van der Waals surface area contributed by atoms with E-state index in [4.69, 9.17) is 11.6 Å². The fraction of sp³-hybridized carbons (Fsp3) is 0.455. The predicted molar refractivity (Wildman–Crippen MR) is 75.3 cm³/mol. The standard InChI is InChI=1S/C11H13BrClFN2O2S/c12-9-4-7(14)5-10(13)11(9)19(17,18)16-6-8-2-1-3-15-8/h4-5,8,15-16H,1-3,6H2. The molecule has 0 aliphatic carbocycles. The van der Waals surface area contributed by atoms with Crippen LogP contribution in [0.1, 0.15) is 12.8 Å². The second-order valence-electron chi connectivity index (χ2n) is 4.34. The molecule has 1 saturated heterocycles. The summed E-state index contributed by atoms with van der Waals surface area (Å²) in [7, 11) is -3.76. The Balaban J connectivity index is 2.19. The summed E-state index contributed by atoms with van der Waals surface area (Å²) in [6, 6.07) is 2.19. The van der Waals surface area contributed by atoms with Gasteiger partial charge in [0.25, 0.3) is 0 Å². The second kappa shape index (κ2) is 6.05. The average molecular weight is 372 g/mol. The van der Waals surface area contributed by atoms with Crippen molar-refractivity contribution in [1.82, 2.24) is 10.0 Å². The maximum absolute atomic E-state index is 13.1. The van der Waals surface area contributed by atoms with Crippen molar-refractivity contribution in [2.45, 2.75) is 23.8 Å². The van der Waals surface area contributed by atoms with E-state index in [-0.39, 0.29) is 20.4 Å². The van der Waals surface area contributed by atoms with Gasteiger partial charge >= 0.3 is 0 Å². The zero-order chi connectivity index (χ0) is 14.0. The van der Waals surface area contributed by atoms with E-state index in [0.29, 0.717) is 6.54 Å². The Morgan fingerprint density at radius 1 is 1.53 bits per heavy atom. The number of nitrogens with one attached hydrogen (secondary N) is 2. The Bertz CT molecular complexity index is 553. The summed E-state index contributed by atoms with van der Waals surface area (Å²) in [6.07, 6.45) is 1.97. The highest BCUT2D eigenvalue weighted by molar-refractivity contribution is 9.10. The van der Waals surface area contributed by atoms with Gasteiger partial charge in [-0.15, -0.1) is 0 Å². The predicted octanol–water partition coefficient (Wildman–Crippen LogP) is 2.27. The largest absolute Gasteiger partial charge is 0.313 e. The molecule has 1 unspecified atom stereocenters. The molecule has 1 atom stereocenters. The third-order valence-corrected chi connectivity index (χ3v) is 5.74. The summed E-state index contributed by atoms with van der Waals surface area (Å²) >= 11 is 8.84. The van der Waals surface area contributed by atoms with Crippen LogP contribution in [0.5, 0.6) is 0 Å². The van der Waals surface area contributed by atoms with Crippen molar-refractivity contribution in [3.05, 3.63) is 27.4 Å². The Morgan fingerprint density at radius 2 is 2.26 bits per heavy atom. The first kappa shape index (κ1) is 15.2. The smallest absolute Gasteiger partial charge is 0.243 e. The normalized spacial score (nSPS) is 19.8. The van der Waals surface area contributed by atoms with E-state index in [0.717, 1.165) is 31.5 Å². The molecule has 2 N–H and O–H groups in total. The molecule has 1 aromatic rings. The van der Waals surface area contributed by atoms with Gasteiger partial charge in [0.15, 0.2) is 0 Å². The third kappa shape index (κ3) is 3.66. The van der Waals surface area contributed by atoms with E-state index in [9.17, 15) is 12.8 Å². The lowest BCUT2D eigenvalue weighted by molar-refractivity contribution is 0.551. The van der Waals surface area contributed by atoms with Gasteiger partial charge in [0.05, 0.1) is 5.02 Å². The van der Waals surface area contributed by atoms with Crippen molar-refractivity contribution in [3.8, 4) is 0 Å². The Morgan fingerprint density at radius 3 is 2.84 bits per heavy atom. The molecular weight excluding hydrogens is 359 g/mol. The molecule has 106 valence electrons. The third-order valence-electron chi connectivity index (χ3n) is 2.91. The van der Waals surface area contributed by atoms with Gasteiger partial charge < -0.3 is 5.32 Å². The van der Waals surface area contributed by atoms with Crippen LogP contribution in [-0.2, 0) is 10.0 Å². The Kier molecular flexibility index (Phi) is 4.84. The SMILES string of the molecule is O=S(=O)(NCC1CCCN1)c1c(Cl)cc(F)cc1Br. The zero-order valence-electron chi connectivity index (χ0n) is 9.92. The molecular formula is C11H13BrClFN2O2S. The maximum Gasteiger partial charge on any atom is 0.243 e. The Labute approximate surface area is 124 Å². The van der Waals surface area contributed by atoms with Gasteiger partial charge in [-0.25, -0.2) is 17.5 Å². The van der Waals surface area contributed by atoms with E-state index in [2.05, 4.69) is 26.0 Å². The van der Waals surface area contributed by atoms with Gasteiger partial charge in [-0.1, -0.05) is 11.6 Å². The van der Waals surface area contributed by atoms with Crippen LogP contribution >= 0.6 is 27.5 Å². The summed E-state index contributed by atoms with van der Waals surface area (Å²) < 4.78 is 40.0. The van der Waals surface area contributed by atoms with Crippen molar-refractivity contribution in [2.75, 3.05) is 13.1 Å². The van der Waals surface area contributed by atoms with E-state index in [1.807, 2.05) is 0 Å². The Hall–Kier alpha value is -0.210. The van der Waals surface area contributed by atoms with E-state index >= 15 is 0 Å². The van der Waals surface area contributed by atoms with Gasteiger partial charge in [-0.2, -0.15) is 0 Å². The molecule has 0 bridgehead atoms. The number of halogens is 3. The molecule has 8 heteroatoms. The van der Waals surface area contributed by atoms with Crippen LogP contribution in [-0.4, -0.2) is 27.5 Å². The second-order valence-corrected chi connectivity index (χ2v) is 7.31. The summed E-state index contributed by atoms with van der Waals surface area (Å²) in [5.41, 5.74) is 0. The molecule has 1 aliphatic heterocycles. The number of hydrogen-bond donors (Lipinski definition) is 2. The summed E-state index contributed by atoms with van der Waals surface area (Å²) in [6.45, 7) is 1.19. The molecule has 0 aromatic heterocycles. The summed E-state index contributed by atoms with van der Waals surface area (Å²) in [5, 5.41) is 3.05. The van der Waals surface area contributed by atoms with Gasteiger partial charge in [-0.05, 0) is 47.4 Å². The quantitative estimate of drug-likeness (QED) is 0.853. The minimum Gasteiger partial charge on any atom is -0.313 e. The molecule has 4 nitrogen and oxygen atoms in total. The van der Waals surface area contributed by atoms with Gasteiger partial charge in [0, 0.05) is 17.1 Å². The number of rotatable bonds is 4. The minimum absolute atomic E-state index is 0.115. The average Bonchev–Trinajstić information content (AvgIpc) is 2.77. The highest BCUT2D eigenvalue weighted by Gasteiger charge is 2.24. The molecule has 1 aromatic carbocycles. The first-order valence-electron chi connectivity index (χ1n) is 5.78. The van der Waals surface area contributed by atoms with Crippen LogP contribution in [0.2, 0.25) is 5.02 Å². The highest BCUT2D eigenvalue weighted by atomic mass is 79.9. The van der Waals surface area contributed by atoms with Gasteiger partial charge in [-0.3, -0.25) is 0 Å². The molecule has 0 saturated carbocycles. The van der Waals surface area contributed by atoms with Crippen LogP contribution in [0, 0.1) is 5.82 Å². The molecule has 19 heavy (non-hydrogen) atoms. The molecule has 2 rings (SSSR count). The first-order valence-corrected chi connectivity index (χ1v) is 8.43. The highest BCUT2D eigenvalue weighted by Crippen LogP contribution is 2.30. The van der Waals surface area contributed by atoms with Crippen molar-refractivity contribution in [2.24, 2.45) is 0 Å². The van der Waals surface area contributed by atoms with Crippen LogP contribution in [0.3, 0.4) is 0 Å². The van der Waals surface area contributed by atoms with Crippen LogP contribution in [0.4, 0.5) is 4.39 Å². The lowest BCUT2D eigenvalue weighted by Crippen LogP contribution is -2.37. The van der Waals surface area contributed by atoms with E-state index < -0.39 is 15.8 Å². The lowest BCUT2D eigenvalue weighted by atomic mass is 10.2. The molecule has 1 aliphatic rings. The van der Waals surface area contributed by atoms with Crippen LogP contribution in [0.15, 0.2) is 21.5 Å². The summed E-state index contributed by atoms with van der Waals surface area (Å²) in [4.78, 5) is -0.131. The van der Waals surface area contributed by atoms with Gasteiger partial charge in [0.1, 0.15) is 10.7 Å². The van der Waals surface area contributed by atoms with Crippen molar-refractivity contribution in [1.29, 1.82) is 0 Å².